The highest BCUT2D eigenvalue weighted by atomic mass is 32.2. The van der Waals surface area contributed by atoms with E-state index in [0.717, 1.165) is 11.1 Å². The van der Waals surface area contributed by atoms with Crippen LogP contribution in [0.5, 0.6) is 6.01 Å². The maximum atomic E-state index is 12.4. The summed E-state index contributed by atoms with van der Waals surface area (Å²) in [6, 6.07) is 7.53. The van der Waals surface area contributed by atoms with Gasteiger partial charge in [0.15, 0.2) is 5.82 Å². The van der Waals surface area contributed by atoms with E-state index in [4.69, 9.17) is 9.47 Å². The van der Waals surface area contributed by atoms with Crippen LogP contribution >= 0.6 is 0 Å². The quantitative estimate of drug-likeness (QED) is 0.731. The number of benzene rings is 1. The fraction of sp³-hybridized carbons (Fsp3) is 0.471. The number of sulfonamides is 1. The molecule has 1 fully saturated rings. The Kier molecular flexibility index (Phi) is 6.19. The monoisotopic (exact) mass is 393 g/mol. The highest BCUT2D eigenvalue weighted by molar-refractivity contribution is 7.88. The van der Waals surface area contributed by atoms with Crippen molar-refractivity contribution in [1.82, 2.24) is 19.7 Å². The number of methoxy groups -OCH3 is 1. The van der Waals surface area contributed by atoms with Crippen LogP contribution in [0.15, 0.2) is 24.3 Å². The lowest BCUT2D eigenvalue weighted by atomic mass is 10.2. The predicted molar refractivity (Wildman–Crippen MR) is 100 cm³/mol. The van der Waals surface area contributed by atoms with Gasteiger partial charge in [-0.25, -0.2) is 13.1 Å². The van der Waals surface area contributed by atoms with Crippen molar-refractivity contribution >= 4 is 16.0 Å². The van der Waals surface area contributed by atoms with Crippen molar-refractivity contribution in [3.63, 3.8) is 0 Å². The molecule has 0 amide bonds. The molecule has 2 heterocycles. The minimum atomic E-state index is -3.53. The van der Waals surface area contributed by atoms with E-state index < -0.39 is 10.0 Å². The van der Waals surface area contributed by atoms with Gasteiger partial charge in [0.1, 0.15) is 0 Å². The van der Waals surface area contributed by atoms with Gasteiger partial charge in [-0.05, 0) is 12.5 Å². The second kappa shape index (κ2) is 8.59. The number of hydrogen-bond acceptors (Lipinski definition) is 8. The molecule has 0 aliphatic carbocycles. The zero-order valence-corrected chi connectivity index (χ0v) is 16.2. The number of aromatic nitrogens is 3. The average molecular weight is 393 g/mol. The van der Waals surface area contributed by atoms with Crippen molar-refractivity contribution in [3.8, 4) is 6.01 Å². The van der Waals surface area contributed by atoms with Crippen LogP contribution in [0.25, 0.3) is 0 Å². The second-order valence-corrected chi connectivity index (χ2v) is 8.01. The first-order chi connectivity index (χ1) is 12.9. The van der Waals surface area contributed by atoms with E-state index in [1.165, 1.54) is 7.11 Å². The SMILES string of the molecule is COc1nc(CNS(=O)(=O)Cc2ccc(C)cc2)nc(N2CCOCC2)n1. The van der Waals surface area contributed by atoms with Crippen LogP contribution in [0, 0.1) is 6.92 Å². The lowest BCUT2D eigenvalue weighted by Crippen LogP contribution is -2.37. The average Bonchev–Trinajstić information content (AvgIpc) is 2.68. The van der Waals surface area contributed by atoms with Crippen LogP contribution in [0.4, 0.5) is 5.95 Å². The maximum absolute atomic E-state index is 12.4. The summed E-state index contributed by atoms with van der Waals surface area (Å²) in [6.45, 7) is 4.41. The lowest BCUT2D eigenvalue weighted by Gasteiger charge is -2.26. The van der Waals surface area contributed by atoms with Gasteiger partial charge in [0.05, 0.1) is 32.6 Å². The number of aryl methyl sites for hydroxylation is 1. The van der Waals surface area contributed by atoms with E-state index >= 15 is 0 Å². The molecule has 146 valence electrons. The predicted octanol–water partition coefficient (Wildman–Crippen LogP) is 0.645. The highest BCUT2D eigenvalue weighted by Gasteiger charge is 2.18. The third-order valence-corrected chi connectivity index (χ3v) is 5.35. The second-order valence-electron chi connectivity index (χ2n) is 6.20. The molecule has 0 unspecified atom stereocenters. The van der Waals surface area contributed by atoms with Crippen LogP contribution in [0.1, 0.15) is 17.0 Å². The molecule has 27 heavy (non-hydrogen) atoms. The minimum Gasteiger partial charge on any atom is -0.467 e. The molecule has 10 heteroatoms. The first-order valence-corrected chi connectivity index (χ1v) is 10.2. The van der Waals surface area contributed by atoms with Gasteiger partial charge in [-0.15, -0.1) is 0 Å². The van der Waals surface area contributed by atoms with Crippen molar-refractivity contribution in [2.75, 3.05) is 38.3 Å². The number of rotatable bonds is 7. The molecule has 0 spiro atoms. The summed E-state index contributed by atoms with van der Waals surface area (Å²) in [5.74, 6) is 0.653. The van der Waals surface area contributed by atoms with Gasteiger partial charge in [0, 0.05) is 13.1 Å². The molecular weight excluding hydrogens is 370 g/mol. The number of ether oxygens (including phenoxy) is 2. The van der Waals surface area contributed by atoms with Gasteiger partial charge in [0.2, 0.25) is 16.0 Å². The topological polar surface area (TPSA) is 107 Å². The zero-order valence-electron chi connectivity index (χ0n) is 15.4. The smallest absolute Gasteiger partial charge is 0.321 e. The fourth-order valence-electron chi connectivity index (χ4n) is 2.59. The summed E-state index contributed by atoms with van der Waals surface area (Å²) in [7, 11) is -2.07. The van der Waals surface area contributed by atoms with Crippen molar-refractivity contribution < 1.29 is 17.9 Å². The normalized spacial score (nSPS) is 15.0. The Morgan fingerprint density at radius 2 is 1.85 bits per heavy atom. The first-order valence-electron chi connectivity index (χ1n) is 8.60. The molecular formula is C17H23N5O4S. The van der Waals surface area contributed by atoms with Crippen molar-refractivity contribution in [2.24, 2.45) is 0 Å². The molecule has 1 aliphatic rings. The molecule has 3 rings (SSSR count). The van der Waals surface area contributed by atoms with Crippen LogP contribution in [0.2, 0.25) is 0 Å². The van der Waals surface area contributed by atoms with Crippen LogP contribution in [-0.2, 0) is 27.1 Å². The third kappa shape index (κ3) is 5.59. The summed E-state index contributed by atoms with van der Waals surface area (Å²) >= 11 is 0. The van der Waals surface area contributed by atoms with Crippen molar-refractivity contribution in [2.45, 2.75) is 19.2 Å². The van der Waals surface area contributed by atoms with Gasteiger partial charge >= 0.3 is 6.01 Å². The Labute approximate surface area is 158 Å². The van der Waals surface area contributed by atoms with E-state index in [2.05, 4.69) is 19.7 Å². The molecule has 1 aromatic carbocycles. The molecule has 0 radical (unpaired) electrons. The molecule has 1 aromatic heterocycles. The van der Waals surface area contributed by atoms with Gasteiger partial charge in [-0.1, -0.05) is 29.8 Å². The highest BCUT2D eigenvalue weighted by Crippen LogP contribution is 2.14. The number of nitrogens with zero attached hydrogens (tertiary/aromatic N) is 4. The summed E-state index contributed by atoms with van der Waals surface area (Å²) < 4.78 is 37.7. The Balaban J connectivity index is 1.69. The number of hydrogen-bond donors (Lipinski definition) is 1. The maximum Gasteiger partial charge on any atom is 0.321 e. The molecule has 0 atom stereocenters. The van der Waals surface area contributed by atoms with E-state index in [9.17, 15) is 8.42 Å². The number of anilines is 1. The summed E-state index contributed by atoms with van der Waals surface area (Å²) in [6.07, 6.45) is 0. The van der Waals surface area contributed by atoms with E-state index in [0.29, 0.717) is 38.1 Å². The van der Waals surface area contributed by atoms with Crippen LogP contribution in [0.3, 0.4) is 0 Å². The first kappa shape index (κ1) is 19.5. The van der Waals surface area contributed by atoms with Gasteiger partial charge in [-0.3, -0.25) is 0 Å². The number of nitrogens with one attached hydrogen (secondary N) is 1. The molecule has 1 aliphatic heterocycles. The van der Waals surface area contributed by atoms with E-state index in [-0.39, 0.29) is 18.3 Å². The molecule has 1 N–H and O–H groups in total. The standard InChI is InChI=1S/C17H23N5O4S/c1-13-3-5-14(6-4-13)12-27(23,24)18-11-15-19-16(21-17(20-15)25-2)22-7-9-26-10-8-22/h3-6,18H,7-12H2,1-2H3. The number of morpholine rings is 1. The van der Waals surface area contributed by atoms with E-state index in [1.807, 2.05) is 24.0 Å². The summed E-state index contributed by atoms with van der Waals surface area (Å²) in [5, 5.41) is 0. The molecule has 0 saturated carbocycles. The van der Waals surface area contributed by atoms with Gasteiger partial charge in [0.25, 0.3) is 0 Å². The van der Waals surface area contributed by atoms with Gasteiger partial charge < -0.3 is 14.4 Å². The third-order valence-electron chi connectivity index (χ3n) is 4.05. The molecule has 9 nitrogen and oxygen atoms in total. The lowest BCUT2D eigenvalue weighted by molar-refractivity contribution is 0.122. The Bertz CT molecular complexity index is 867. The largest absolute Gasteiger partial charge is 0.467 e. The minimum absolute atomic E-state index is 0.0373. The molecule has 2 aromatic rings. The zero-order chi connectivity index (χ0) is 19.3. The Morgan fingerprint density at radius 1 is 1.15 bits per heavy atom. The summed E-state index contributed by atoms with van der Waals surface area (Å²) in [4.78, 5) is 14.7. The van der Waals surface area contributed by atoms with Gasteiger partial charge in [-0.2, -0.15) is 15.0 Å². The van der Waals surface area contributed by atoms with Crippen molar-refractivity contribution in [3.05, 3.63) is 41.2 Å². The summed E-state index contributed by atoms with van der Waals surface area (Å²) in [5.41, 5.74) is 1.80. The van der Waals surface area contributed by atoms with Crippen LogP contribution < -0.4 is 14.4 Å². The Hall–Kier alpha value is -2.30. The molecule has 1 saturated heterocycles. The van der Waals surface area contributed by atoms with Crippen molar-refractivity contribution in [1.29, 1.82) is 0 Å². The fourth-order valence-corrected chi connectivity index (χ4v) is 3.67. The molecule has 0 bridgehead atoms. The van der Waals surface area contributed by atoms with Crippen LogP contribution in [-0.4, -0.2) is 56.8 Å². The Morgan fingerprint density at radius 3 is 2.52 bits per heavy atom. The van der Waals surface area contributed by atoms with E-state index in [1.54, 1.807) is 12.1 Å².